The summed E-state index contributed by atoms with van der Waals surface area (Å²) in [6, 6.07) is 11.4. The Hall–Kier alpha value is -1.81. The van der Waals surface area contributed by atoms with E-state index in [1.807, 2.05) is 36.4 Å². The molecular weight excluding hydrogens is 312 g/mol. The average Bonchev–Trinajstić information content (AvgIpc) is 2.92. The second-order valence-corrected chi connectivity index (χ2v) is 7.54. The molecule has 0 aliphatic rings. The highest BCUT2D eigenvalue weighted by molar-refractivity contribution is 6.19. The molecule has 2 rings (SSSR count). The topological polar surface area (TPSA) is 44.1 Å². The first-order chi connectivity index (χ1) is 10.6. The van der Waals surface area contributed by atoms with E-state index in [1.54, 1.807) is 18.5 Å². The van der Waals surface area contributed by atoms with Gasteiger partial charge in [-0.15, -0.1) is 11.6 Å². The van der Waals surface area contributed by atoms with E-state index in [4.69, 9.17) is 16.3 Å². The molecule has 0 bridgehead atoms. The molecule has 0 amide bonds. The van der Waals surface area contributed by atoms with Crippen molar-refractivity contribution in [3.8, 4) is 11.6 Å². The zero-order valence-electron chi connectivity index (χ0n) is 14.3. The number of halogens is 1. The van der Waals surface area contributed by atoms with Crippen LogP contribution in [0.1, 0.15) is 40.3 Å². The van der Waals surface area contributed by atoms with Crippen molar-refractivity contribution < 1.29 is 9.53 Å². The van der Waals surface area contributed by atoms with Crippen LogP contribution in [-0.2, 0) is 10.2 Å². The fraction of sp³-hybridized carbons (Fsp3) is 0.444. The van der Waals surface area contributed by atoms with Crippen LogP contribution in [0.25, 0.3) is 5.69 Å². The summed E-state index contributed by atoms with van der Waals surface area (Å²) in [5, 5.41) is 4.62. The lowest BCUT2D eigenvalue weighted by Gasteiger charge is -2.19. The summed E-state index contributed by atoms with van der Waals surface area (Å²) in [6.45, 7) is 9.73. The molecule has 23 heavy (non-hydrogen) atoms. The second kappa shape index (κ2) is 6.36. The number of ether oxygens (including phenoxy) is 1. The van der Waals surface area contributed by atoms with Crippen LogP contribution in [-0.4, -0.2) is 21.6 Å². The molecule has 1 heterocycles. The Labute approximate surface area is 142 Å². The van der Waals surface area contributed by atoms with Gasteiger partial charge in [-0.25, -0.2) is 4.68 Å². The van der Waals surface area contributed by atoms with Crippen LogP contribution in [0.2, 0.25) is 0 Å². The van der Waals surface area contributed by atoms with Crippen molar-refractivity contribution in [2.75, 3.05) is 5.88 Å². The second-order valence-electron chi connectivity index (χ2n) is 7.27. The van der Waals surface area contributed by atoms with Gasteiger partial charge in [0, 0.05) is 17.4 Å². The number of para-hydroxylation sites is 1. The minimum Gasteiger partial charge on any atom is -0.407 e. The van der Waals surface area contributed by atoms with Crippen molar-refractivity contribution in [2.24, 2.45) is 5.41 Å². The Bertz CT molecular complexity index is 685. The van der Waals surface area contributed by atoms with Gasteiger partial charge in [0.05, 0.1) is 16.8 Å². The molecule has 124 valence electrons. The zero-order valence-corrected chi connectivity index (χ0v) is 15.0. The number of carbonyl (C=O) groups excluding carboxylic acids is 1. The highest BCUT2D eigenvalue weighted by Crippen LogP contribution is 2.29. The van der Waals surface area contributed by atoms with E-state index in [-0.39, 0.29) is 17.3 Å². The zero-order chi connectivity index (χ0) is 17.3. The molecule has 0 saturated heterocycles. The molecule has 4 nitrogen and oxygen atoms in total. The van der Waals surface area contributed by atoms with E-state index in [1.165, 1.54) is 0 Å². The largest absolute Gasteiger partial charge is 0.407 e. The van der Waals surface area contributed by atoms with Crippen LogP contribution in [0.5, 0.6) is 5.88 Å². The van der Waals surface area contributed by atoms with E-state index in [0.29, 0.717) is 5.88 Å². The summed E-state index contributed by atoms with van der Waals surface area (Å²) in [5.41, 5.74) is 0.792. The highest BCUT2D eigenvalue weighted by Gasteiger charge is 2.31. The molecule has 0 aliphatic carbocycles. The van der Waals surface area contributed by atoms with Crippen LogP contribution >= 0.6 is 11.6 Å². The maximum absolute atomic E-state index is 12.4. The molecular formula is C18H23ClN2O2. The van der Waals surface area contributed by atoms with Crippen LogP contribution in [0.15, 0.2) is 36.4 Å². The quantitative estimate of drug-likeness (QED) is 0.617. The minimum absolute atomic E-state index is 0.150. The Balaban J connectivity index is 2.45. The third-order valence-corrected chi connectivity index (χ3v) is 4.20. The molecule has 2 aromatic rings. The SMILES string of the molecule is CC(C)(CCl)C(=O)Oc1cc(C(C)(C)C)nn1-c1ccccc1. The predicted octanol–water partition coefficient (Wildman–Crippen LogP) is 4.34. The van der Waals surface area contributed by atoms with Crippen molar-refractivity contribution in [1.82, 2.24) is 9.78 Å². The van der Waals surface area contributed by atoms with Gasteiger partial charge in [-0.2, -0.15) is 5.10 Å². The summed E-state index contributed by atoms with van der Waals surface area (Å²) >= 11 is 5.87. The molecule has 1 aromatic heterocycles. The van der Waals surface area contributed by atoms with E-state index in [2.05, 4.69) is 25.9 Å². The molecule has 0 saturated carbocycles. The first-order valence-electron chi connectivity index (χ1n) is 7.59. The number of hydrogen-bond acceptors (Lipinski definition) is 3. The lowest BCUT2D eigenvalue weighted by atomic mass is 9.92. The van der Waals surface area contributed by atoms with Gasteiger partial charge in [0.1, 0.15) is 0 Å². The number of carbonyl (C=O) groups is 1. The average molecular weight is 335 g/mol. The van der Waals surface area contributed by atoms with Crippen molar-refractivity contribution >= 4 is 17.6 Å². The summed E-state index contributed by atoms with van der Waals surface area (Å²) in [7, 11) is 0. The minimum atomic E-state index is -0.755. The van der Waals surface area contributed by atoms with E-state index in [9.17, 15) is 4.79 Å². The first kappa shape index (κ1) is 17.5. The lowest BCUT2D eigenvalue weighted by molar-refractivity contribution is -0.143. The van der Waals surface area contributed by atoms with E-state index < -0.39 is 5.41 Å². The smallest absolute Gasteiger partial charge is 0.319 e. The summed E-state index contributed by atoms with van der Waals surface area (Å²) in [6.07, 6.45) is 0. The maximum Gasteiger partial charge on any atom is 0.319 e. The van der Waals surface area contributed by atoms with Gasteiger partial charge in [0.25, 0.3) is 0 Å². The lowest BCUT2D eigenvalue weighted by Crippen LogP contribution is -2.31. The standard InChI is InChI=1S/C18H23ClN2O2/c1-17(2,3)14-11-15(23-16(22)18(4,5)12-19)21(20-14)13-9-7-6-8-10-13/h6-11H,12H2,1-5H3. The van der Waals surface area contributed by atoms with Crippen molar-refractivity contribution in [2.45, 2.75) is 40.0 Å². The number of hydrogen-bond donors (Lipinski definition) is 0. The fourth-order valence-electron chi connectivity index (χ4n) is 1.85. The number of alkyl halides is 1. The number of rotatable bonds is 4. The molecule has 0 aliphatic heterocycles. The molecule has 0 radical (unpaired) electrons. The molecule has 5 heteroatoms. The number of benzene rings is 1. The van der Waals surface area contributed by atoms with Gasteiger partial charge >= 0.3 is 5.97 Å². The Morgan fingerprint density at radius 1 is 1.17 bits per heavy atom. The van der Waals surface area contributed by atoms with Crippen LogP contribution in [0, 0.1) is 5.41 Å². The van der Waals surface area contributed by atoms with Gasteiger partial charge in [-0.3, -0.25) is 4.79 Å². The highest BCUT2D eigenvalue weighted by atomic mass is 35.5. The Morgan fingerprint density at radius 2 is 1.78 bits per heavy atom. The molecule has 0 spiro atoms. The first-order valence-corrected chi connectivity index (χ1v) is 8.13. The number of aromatic nitrogens is 2. The van der Waals surface area contributed by atoms with Gasteiger partial charge < -0.3 is 4.74 Å². The van der Waals surface area contributed by atoms with E-state index >= 15 is 0 Å². The van der Waals surface area contributed by atoms with Gasteiger partial charge in [-0.1, -0.05) is 39.0 Å². The van der Waals surface area contributed by atoms with Crippen molar-refractivity contribution in [3.05, 3.63) is 42.1 Å². The number of nitrogens with zero attached hydrogens (tertiary/aromatic N) is 2. The van der Waals surface area contributed by atoms with Crippen molar-refractivity contribution in [1.29, 1.82) is 0 Å². The van der Waals surface area contributed by atoms with E-state index in [0.717, 1.165) is 11.4 Å². The predicted molar refractivity (Wildman–Crippen MR) is 92.4 cm³/mol. The van der Waals surface area contributed by atoms with Crippen LogP contribution < -0.4 is 4.74 Å². The van der Waals surface area contributed by atoms with Gasteiger partial charge in [0.2, 0.25) is 5.88 Å². The van der Waals surface area contributed by atoms with Gasteiger partial charge in [0.15, 0.2) is 0 Å². The maximum atomic E-state index is 12.4. The molecule has 0 fully saturated rings. The summed E-state index contributed by atoms with van der Waals surface area (Å²) in [5.74, 6) is 0.228. The Morgan fingerprint density at radius 3 is 2.30 bits per heavy atom. The van der Waals surface area contributed by atoms with Crippen LogP contribution in [0.4, 0.5) is 0 Å². The fourth-order valence-corrected chi connectivity index (χ4v) is 1.95. The summed E-state index contributed by atoms with van der Waals surface area (Å²) < 4.78 is 7.26. The van der Waals surface area contributed by atoms with Crippen LogP contribution in [0.3, 0.4) is 0 Å². The van der Waals surface area contributed by atoms with Crippen molar-refractivity contribution in [3.63, 3.8) is 0 Å². The normalized spacial score (nSPS) is 12.3. The number of esters is 1. The summed E-state index contributed by atoms with van der Waals surface area (Å²) in [4.78, 5) is 12.4. The molecule has 0 unspecified atom stereocenters. The third-order valence-electron chi connectivity index (χ3n) is 3.53. The van der Waals surface area contributed by atoms with Gasteiger partial charge in [-0.05, 0) is 26.0 Å². The molecule has 0 N–H and O–H groups in total. The monoisotopic (exact) mass is 334 g/mol. The molecule has 1 aromatic carbocycles. The molecule has 0 atom stereocenters. The third kappa shape index (κ3) is 3.94. The Kier molecular flexibility index (Phi) is 4.85.